The van der Waals surface area contributed by atoms with Gasteiger partial charge in [-0.2, -0.15) is 0 Å². The summed E-state index contributed by atoms with van der Waals surface area (Å²) in [5.74, 6) is 0.184. The van der Waals surface area contributed by atoms with Crippen molar-refractivity contribution in [2.75, 3.05) is 56.2 Å². The van der Waals surface area contributed by atoms with Gasteiger partial charge in [0, 0.05) is 58.8 Å². The molecule has 0 unspecified atom stereocenters. The third-order valence-electron chi connectivity index (χ3n) is 4.47. The molecule has 0 spiro atoms. The summed E-state index contributed by atoms with van der Waals surface area (Å²) in [6, 6.07) is 6.80. The minimum Gasteiger partial charge on any atom is -0.385 e. The molecule has 1 aliphatic rings. The molecule has 0 aliphatic carbocycles. The van der Waals surface area contributed by atoms with E-state index < -0.39 is 0 Å². The lowest BCUT2D eigenvalue weighted by molar-refractivity contribution is 0.0948. The zero-order valence-electron chi connectivity index (χ0n) is 15.4. The van der Waals surface area contributed by atoms with E-state index >= 15 is 0 Å². The smallest absolute Gasteiger partial charge is 0.254 e. The predicted octanol–water partition coefficient (Wildman–Crippen LogP) is 1.71. The molecule has 0 radical (unpaired) electrons. The van der Waals surface area contributed by atoms with Gasteiger partial charge in [0.15, 0.2) is 0 Å². The highest BCUT2D eigenvalue weighted by molar-refractivity contribution is 5.93. The third-order valence-corrected chi connectivity index (χ3v) is 4.47. The number of piperazine rings is 1. The van der Waals surface area contributed by atoms with Crippen LogP contribution in [0.2, 0.25) is 0 Å². The molecule has 1 aromatic heterocycles. The molecule has 144 valence electrons. The van der Waals surface area contributed by atoms with Crippen LogP contribution in [0.3, 0.4) is 0 Å². The van der Waals surface area contributed by atoms with Gasteiger partial charge in [-0.1, -0.05) is 12.1 Å². The van der Waals surface area contributed by atoms with Crippen LogP contribution in [-0.4, -0.2) is 62.3 Å². The number of carbonyl (C=O) groups is 1. The third kappa shape index (κ3) is 4.91. The molecule has 0 atom stereocenters. The van der Waals surface area contributed by atoms with Crippen LogP contribution in [0, 0.1) is 5.82 Å². The van der Waals surface area contributed by atoms with Gasteiger partial charge < -0.3 is 19.9 Å². The highest BCUT2D eigenvalue weighted by Crippen LogP contribution is 2.21. The molecule has 2 aromatic rings. The van der Waals surface area contributed by atoms with Crippen molar-refractivity contribution in [3.8, 4) is 0 Å². The van der Waals surface area contributed by atoms with Gasteiger partial charge in [-0.3, -0.25) is 4.79 Å². The summed E-state index contributed by atoms with van der Waals surface area (Å²) >= 11 is 0. The van der Waals surface area contributed by atoms with E-state index in [4.69, 9.17) is 4.74 Å². The van der Waals surface area contributed by atoms with Crippen molar-refractivity contribution in [3.05, 3.63) is 48.0 Å². The van der Waals surface area contributed by atoms with E-state index in [1.165, 1.54) is 18.5 Å². The number of hydrogen-bond donors (Lipinski definition) is 1. The first-order valence-electron chi connectivity index (χ1n) is 9.02. The Kier molecular flexibility index (Phi) is 6.54. The van der Waals surface area contributed by atoms with Gasteiger partial charge in [-0.25, -0.2) is 14.4 Å². The van der Waals surface area contributed by atoms with Gasteiger partial charge in [0.25, 0.3) is 5.91 Å². The molecule has 3 rings (SSSR count). The SMILES string of the molecule is COCCCNC(=O)c1cnc(N2CCN(c3ccccc3F)CC2)nc1. The number of amides is 1. The van der Waals surface area contributed by atoms with Crippen molar-refractivity contribution < 1.29 is 13.9 Å². The molecule has 0 bridgehead atoms. The number of nitrogens with zero attached hydrogens (tertiary/aromatic N) is 4. The lowest BCUT2D eigenvalue weighted by Gasteiger charge is -2.36. The van der Waals surface area contributed by atoms with Crippen LogP contribution in [0.5, 0.6) is 0 Å². The lowest BCUT2D eigenvalue weighted by Crippen LogP contribution is -2.47. The first kappa shape index (κ1) is 19.0. The zero-order chi connectivity index (χ0) is 19.1. The maximum Gasteiger partial charge on any atom is 0.254 e. The monoisotopic (exact) mass is 373 g/mol. The number of hydrogen-bond acceptors (Lipinski definition) is 6. The average Bonchev–Trinajstić information content (AvgIpc) is 2.72. The number of carbonyl (C=O) groups excluding carboxylic acids is 1. The van der Waals surface area contributed by atoms with Crippen LogP contribution in [0.15, 0.2) is 36.7 Å². The normalized spacial score (nSPS) is 14.3. The molecule has 27 heavy (non-hydrogen) atoms. The number of para-hydroxylation sites is 1. The molecule has 1 saturated heterocycles. The highest BCUT2D eigenvalue weighted by Gasteiger charge is 2.21. The van der Waals surface area contributed by atoms with E-state index in [0.29, 0.717) is 56.5 Å². The van der Waals surface area contributed by atoms with E-state index in [1.807, 2.05) is 15.9 Å². The Hall–Kier alpha value is -2.74. The van der Waals surface area contributed by atoms with Gasteiger partial charge in [-0.05, 0) is 18.6 Å². The molecular weight excluding hydrogens is 349 g/mol. The zero-order valence-corrected chi connectivity index (χ0v) is 15.4. The number of rotatable bonds is 7. The molecule has 1 N–H and O–H groups in total. The lowest BCUT2D eigenvalue weighted by atomic mass is 10.2. The van der Waals surface area contributed by atoms with E-state index in [-0.39, 0.29) is 11.7 Å². The molecule has 1 aliphatic heterocycles. The maximum atomic E-state index is 13.9. The Morgan fingerprint density at radius 3 is 2.48 bits per heavy atom. The molecule has 2 heterocycles. The van der Waals surface area contributed by atoms with E-state index in [0.717, 1.165) is 6.42 Å². The fourth-order valence-electron chi connectivity index (χ4n) is 2.98. The second-order valence-corrected chi connectivity index (χ2v) is 6.30. The van der Waals surface area contributed by atoms with Crippen LogP contribution in [0.4, 0.5) is 16.0 Å². The number of anilines is 2. The van der Waals surface area contributed by atoms with Crippen molar-refractivity contribution in [1.82, 2.24) is 15.3 Å². The van der Waals surface area contributed by atoms with Gasteiger partial charge in [0.05, 0.1) is 11.3 Å². The second kappa shape index (κ2) is 9.27. The number of benzene rings is 1. The van der Waals surface area contributed by atoms with Gasteiger partial charge in [-0.15, -0.1) is 0 Å². The van der Waals surface area contributed by atoms with Crippen molar-refractivity contribution in [2.45, 2.75) is 6.42 Å². The molecule has 8 heteroatoms. The van der Waals surface area contributed by atoms with E-state index in [2.05, 4.69) is 15.3 Å². The van der Waals surface area contributed by atoms with E-state index in [1.54, 1.807) is 19.2 Å². The number of ether oxygens (including phenoxy) is 1. The highest BCUT2D eigenvalue weighted by atomic mass is 19.1. The van der Waals surface area contributed by atoms with Crippen LogP contribution >= 0.6 is 0 Å². The van der Waals surface area contributed by atoms with Gasteiger partial charge in [0.2, 0.25) is 5.95 Å². The second-order valence-electron chi connectivity index (χ2n) is 6.30. The quantitative estimate of drug-likeness (QED) is 0.745. The largest absolute Gasteiger partial charge is 0.385 e. The van der Waals surface area contributed by atoms with Crippen LogP contribution in [-0.2, 0) is 4.74 Å². The molecular formula is C19H24FN5O2. The van der Waals surface area contributed by atoms with Crippen molar-refractivity contribution in [1.29, 1.82) is 0 Å². The minimum atomic E-state index is -0.205. The van der Waals surface area contributed by atoms with Crippen LogP contribution < -0.4 is 15.1 Å². The van der Waals surface area contributed by atoms with Crippen molar-refractivity contribution in [2.24, 2.45) is 0 Å². The first-order valence-corrected chi connectivity index (χ1v) is 9.02. The van der Waals surface area contributed by atoms with Crippen molar-refractivity contribution >= 4 is 17.5 Å². The number of halogens is 1. The number of nitrogens with one attached hydrogen (secondary N) is 1. The molecule has 7 nitrogen and oxygen atoms in total. The molecule has 1 fully saturated rings. The van der Waals surface area contributed by atoms with Crippen LogP contribution in [0.25, 0.3) is 0 Å². The molecule has 1 aromatic carbocycles. The van der Waals surface area contributed by atoms with Crippen molar-refractivity contribution in [3.63, 3.8) is 0 Å². The summed E-state index contributed by atoms with van der Waals surface area (Å²) < 4.78 is 18.9. The van der Waals surface area contributed by atoms with E-state index in [9.17, 15) is 9.18 Å². The fraction of sp³-hybridized carbons (Fsp3) is 0.421. The Labute approximate surface area is 158 Å². The van der Waals surface area contributed by atoms with Gasteiger partial charge in [0.1, 0.15) is 5.82 Å². The molecule has 0 saturated carbocycles. The topological polar surface area (TPSA) is 70.6 Å². The fourth-order valence-corrected chi connectivity index (χ4v) is 2.98. The minimum absolute atomic E-state index is 0.193. The molecule has 1 amide bonds. The summed E-state index contributed by atoms with van der Waals surface area (Å²) in [7, 11) is 1.63. The Balaban J connectivity index is 1.53. The summed E-state index contributed by atoms with van der Waals surface area (Å²) in [6.07, 6.45) is 3.84. The Bertz CT molecular complexity index is 748. The average molecular weight is 373 g/mol. The summed E-state index contributed by atoms with van der Waals surface area (Å²) in [4.78, 5) is 24.7. The Morgan fingerprint density at radius 2 is 1.81 bits per heavy atom. The summed E-state index contributed by atoms with van der Waals surface area (Å²) in [5.41, 5.74) is 1.06. The number of aromatic nitrogens is 2. The maximum absolute atomic E-state index is 13.9. The standard InChI is InChI=1S/C19H24FN5O2/c1-27-12-4-7-21-18(26)15-13-22-19(23-14-15)25-10-8-24(9-11-25)17-6-3-2-5-16(17)20/h2-3,5-6,13-14H,4,7-12H2,1H3,(H,21,26). The Morgan fingerprint density at radius 1 is 1.15 bits per heavy atom. The predicted molar refractivity (Wildman–Crippen MR) is 102 cm³/mol. The first-order chi connectivity index (χ1) is 13.2. The van der Waals surface area contributed by atoms with Gasteiger partial charge >= 0.3 is 0 Å². The van der Waals surface area contributed by atoms with Crippen LogP contribution in [0.1, 0.15) is 16.8 Å². The summed E-state index contributed by atoms with van der Waals surface area (Å²) in [5, 5.41) is 2.81. The number of methoxy groups -OCH3 is 1. The summed E-state index contributed by atoms with van der Waals surface area (Å²) in [6.45, 7) is 3.91.